The van der Waals surface area contributed by atoms with Crippen LogP contribution in [-0.2, 0) is 30.2 Å². The van der Waals surface area contributed by atoms with E-state index in [4.69, 9.17) is 17.2 Å². The average Bonchev–Trinajstić information content (AvgIpc) is 2.70. The third kappa shape index (κ3) is 9.41. The average molecular weight is 475 g/mol. The number of nitrogens with two attached hydrogens (primary N) is 3. The highest BCUT2D eigenvalue weighted by molar-refractivity contribution is 7.88. The molecule has 0 saturated carbocycles. The smallest absolute Gasteiger partial charge is 0.247 e. The summed E-state index contributed by atoms with van der Waals surface area (Å²) in [6.45, 7) is -0.625. The van der Waals surface area contributed by atoms with Gasteiger partial charge in [-0.1, -0.05) is 36.4 Å². The van der Waals surface area contributed by atoms with Crippen LogP contribution in [-0.4, -0.2) is 38.7 Å². The van der Waals surface area contributed by atoms with Crippen molar-refractivity contribution in [3.05, 3.63) is 83.4 Å². The molecule has 0 aromatic heterocycles. The Labute approximate surface area is 191 Å². The lowest BCUT2D eigenvalue weighted by molar-refractivity contribution is -0.130. The first kappa shape index (κ1) is 25.4. The maximum Gasteiger partial charge on any atom is 0.247 e. The van der Waals surface area contributed by atoms with Gasteiger partial charge in [0.05, 0.1) is 18.7 Å². The van der Waals surface area contributed by atoms with Gasteiger partial charge in [-0.25, -0.2) is 13.1 Å². The fourth-order valence-electron chi connectivity index (χ4n) is 2.76. The van der Waals surface area contributed by atoms with E-state index >= 15 is 0 Å². The van der Waals surface area contributed by atoms with Crippen molar-refractivity contribution in [1.82, 2.24) is 15.4 Å². The van der Waals surface area contributed by atoms with Gasteiger partial charge in [0, 0.05) is 17.1 Å². The van der Waals surface area contributed by atoms with E-state index in [0.717, 1.165) is 0 Å². The predicted molar refractivity (Wildman–Crippen MR) is 123 cm³/mol. The molecular formula is C21H26N6O5S. The largest absolute Gasteiger partial charge is 0.399 e. The maximum absolute atomic E-state index is 12.6. The molecule has 1 aliphatic carbocycles. The van der Waals surface area contributed by atoms with Crippen molar-refractivity contribution in [3.63, 3.8) is 0 Å². The standard InChI is InChI=1S/C21H26N6O5S/c22-15-7-4-8-17(10-16(23)9-15)26-21(30)18(11-19(24)28)27-20(29)12-25-33(31,32)13-14-5-2-1-3-6-14/h1-10,18,25H,11-13,22-23H2,(H2,24,28)(H,26,30)(H,27,29)/t18-/m0/s1. The molecule has 0 unspecified atom stereocenters. The Bertz CT molecular complexity index is 1120. The Balaban J connectivity index is 2.00. The molecule has 0 fully saturated rings. The van der Waals surface area contributed by atoms with E-state index in [1.54, 1.807) is 42.5 Å². The molecule has 11 nitrogen and oxygen atoms in total. The Morgan fingerprint density at radius 1 is 1.00 bits per heavy atom. The first-order valence-electron chi connectivity index (χ1n) is 9.76. The number of primary amides is 1. The van der Waals surface area contributed by atoms with Gasteiger partial charge in [0.2, 0.25) is 27.7 Å². The van der Waals surface area contributed by atoms with Crippen molar-refractivity contribution < 1.29 is 22.8 Å². The number of hydrogen-bond acceptors (Lipinski definition) is 7. The van der Waals surface area contributed by atoms with E-state index in [0.29, 0.717) is 11.3 Å². The van der Waals surface area contributed by atoms with Gasteiger partial charge in [0.1, 0.15) is 6.04 Å². The second kappa shape index (κ2) is 11.6. The van der Waals surface area contributed by atoms with Crippen LogP contribution >= 0.6 is 0 Å². The van der Waals surface area contributed by atoms with Crippen molar-refractivity contribution in [2.45, 2.75) is 18.2 Å². The van der Waals surface area contributed by atoms with Crippen LogP contribution in [0.25, 0.3) is 0 Å². The molecule has 33 heavy (non-hydrogen) atoms. The van der Waals surface area contributed by atoms with Crippen LogP contribution < -0.4 is 32.6 Å². The maximum atomic E-state index is 12.6. The van der Waals surface area contributed by atoms with E-state index in [9.17, 15) is 22.8 Å². The Kier molecular flexibility index (Phi) is 8.95. The summed E-state index contributed by atoms with van der Waals surface area (Å²) in [5, 5.41) is 4.84. The summed E-state index contributed by atoms with van der Waals surface area (Å²) in [6, 6.07) is 7.08. The van der Waals surface area contributed by atoms with Gasteiger partial charge >= 0.3 is 0 Å². The fraction of sp³-hybridized carbons (Fsp3) is 0.190. The van der Waals surface area contributed by atoms with E-state index in [1.165, 1.54) is 18.2 Å². The minimum atomic E-state index is -3.81. The first-order valence-corrected chi connectivity index (χ1v) is 11.4. The summed E-state index contributed by atoms with van der Waals surface area (Å²) in [5.41, 5.74) is 18.2. The number of rotatable bonds is 10. The highest BCUT2D eigenvalue weighted by Crippen LogP contribution is 2.06. The number of sulfonamides is 1. The van der Waals surface area contributed by atoms with Crippen LogP contribution in [0.2, 0.25) is 0 Å². The minimum Gasteiger partial charge on any atom is -0.399 e. The van der Waals surface area contributed by atoms with Gasteiger partial charge in [-0.15, -0.1) is 0 Å². The minimum absolute atomic E-state index is 0.270. The number of carbonyl (C=O) groups is 3. The number of amides is 3. The predicted octanol–water partition coefficient (Wildman–Crippen LogP) is -1.28. The molecular weight excluding hydrogens is 448 g/mol. The van der Waals surface area contributed by atoms with E-state index in [2.05, 4.69) is 15.4 Å². The van der Waals surface area contributed by atoms with Crippen LogP contribution in [0.15, 0.2) is 77.8 Å². The van der Waals surface area contributed by atoms with Crippen LogP contribution in [0.5, 0.6) is 0 Å². The molecule has 0 spiro atoms. The van der Waals surface area contributed by atoms with Crippen LogP contribution in [0.4, 0.5) is 0 Å². The number of nitrogens with one attached hydrogen (secondary N) is 3. The van der Waals surface area contributed by atoms with Gasteiger partial charge < -0.3 is 27.8 Å². The lowest BCUT2D eigenvalue weighted by Gasteiger charge is -2.18. The van der Waals surface area contributed by atoms with Crippen LogP contribution in [0.3, 0.4) is 0 Å². The van der Waals surface area contributed by atoms with Gasteiger partial charge in [-0.2, -0.15) is 0 Å². The summed E-state index contributed by atoms with van der Waals surface area (Å²) < 4.78 is 26.5. The SMILES string of the molecule is NC(=O)C[C@H](NC(=O)CNS(=O)(=O)Cc1ccccc1)C(=O)NC1=CC(N)=CC(N)=CC=C1. The third-order valence-corrected chi connectivity index (χ3v) is 5.49. The summed E-state index contributed by atoms with van der Waals surface area (Å²) in [5.74, 6) is -2.71. The molecule has 3 amide bonds. The molecule has 1 aliphatic rings. The number of carbonyl (C=O) groups excluding carboxylic acids is 3. The lowest BCUT2D eigenvalue weighted by atomic mass is 10.1. The summed E-state index contributed by atoms with van der Waals surface area (Å²) in [4.78, 5) is 36.3. The Morgan fingerprint density at radius 2 is 1.70 bits per heavy atom. The van der Waals surface area contributed by atoms with Gasteiger partial charge in [-0.3, -0.25) is 14.4 Å². The monoisotopic (exact) mass is 474 g/mol. The van der Waals surface area contributed by atoms with Crippen molar-refractivity contribution in [2.24, 2.45) is 17.2 Å². The molecule has 1 aromatic rings. The van der Waals surface area contributed by atoms with Crippen molar-refractivity contribution in [1.29, 1.82) is 0 Å². The van der Waals surface area contributed by atoms with Gasteiger partial charge in [-0.05, 0) is 29.9 Å². The fourth-order valence-corrected chi connectivity index (χ4v) is 3.84. The van der Waals surface area contributed by atoms with Gasteiger partial charge in [0.15, 0.2) is 0 Å². The third-order valence-electron chi connectivity index (χ3n) is 4.20. The molecule has 176 valence electrons. The highest BCUT2D eigenvalue weighted by atomic mass is 32.2. The van der Waals surface area contributed by atoms with E-state index in [-0.39, 0.29) is 17.1 Å². The molecule has 12 heteroatoms. The molecule has 0 bridgehead atoms. The molecule has 1 atom stereocenters. The van der Waals surface area contributed by atoms with Crippen molar-refractivity contribution >= 4 is 27.7 Å². The normalized spacial score (nSPS) is 14.6. The quantitative estimate of drug-likeness (QED) is 0.242. The summed E-state index contributed by atoms with van der Waals surface area (Å²) >= 11 is 0. The molecule has 2 rings (SSSR count). The molecule has 0 aliphatic heterocycles. The summed E-state index contributed by atoms with van der Waals surface area (Å²) in [6.07, 6.45) is 7.09. The lowest BCUT2D eigenvalue weighted by Crippen LogP contribution is -2.50. The molecule has 0 radical (unpaired) electrons. The number of benzene rings is 1. The number of hydrogen-bond donors (Lipinski definition) is 6. The Morgan fingerprint density at radius 3 is 2.36 bits per heavy atom. The second-order valence-corrected chi connectivity index (χ2v) is 8.92. The highest BCUT2D eigenvalue weighted by Gasteiger charge is 2.24. The first-order chi connectivity index (χ1) is 15.5. The van der Waals surface area contributed by atoms with E-state index < -0.39 is 46.8 Å². The molecule has 0 saturated heterocycles. The molecule has 1 aromatic carbocycles. The molecule has 0 heterocycles. The zero-order chi connectivity index (χ0) is 24.4. The zero-order valence-corrected chi connectivity index (χ0v) is 18.5. The second-order valence-electron chi connectivity index (χ2n) is 7.12. The summed E-state index contributed by atoms with van der Waals surface area (Å²) in [7, 11) is -3.81. The zero-order valence-electron chi connectivity index (χ0n) is 17.7. The van der Waals surface area contributed by atoms with Crippen LogP contribution in [0, 0.1) is 0 Å². The van der Waals surface area contributed by atoms with Crippen molar-refractivity contribution in [2.75, 3.05) is 6.54 Å². The molecule has 9 N–H and O–H groups in total. The van der Waals surface area contributed by atoms with Crippen LogP contribution in [0.1, 0.15) is 12.0 Å². The van der Waals surface area contributed by atoms with E-state index in [1.807, 2.05) is 0 Å². The Hall–Kier alpha value is -3.90. The topological polar surface area (TPSA) is 200 Å². The van der Waals surface area contributed by atoms with Crippen molar-refractivity contribution in [3.8, 4) is 0 Å². The van der Waals surface area contributed by atoms with Gasteiger partial charge in [0.25, 0.3) is 0 Å². The number of allylic oxidation sites excluding steroid dienone is 5.